The monoisotopic (exact) mass is 387 g/mol. The van der Waals surface area contributed by atoms with Crippen LogP contribution in [0.15, 0.2) is 77.1 Å². The molecule has 1 heterocycles. The molecule has 2 aromatic rings. The molecule has 2 aromatic carbocycles. The molecule has 6 nitrogen and oxygen atoms in total. The predicted molar refractivity (Wildman–Crippen MR) is 110 cm³/mol. The van der Waals surface area contributed by atoms with Gasteiger partial charge in [0.25, 0.3) is 5.91 Å². The molecule has 0 bridgehead atoms. The fourth-order valence-corrected chi connectivity index (χ4v) is 3.43. The van der Waals surface area contributed by atoms with Gasteiger partial charge in [-0.15, -0.1) is 0 Å². The number of dihydropyridines is 1. The summed E-state index contributed by atoms with van der Waals surface area (Å²) in [7, 11) is 1.32. The Hall–Kier alpha value is -3.85. The number of benzene rings is 2. The molecule has 6 heteroatoms. The number of ether oxygens (including phenoxy) is 1. The highest BCUT2D eigenvalue weighted by Gasteiger charge is 2.33. The third-order valence-corrected chi connectivity index (χ3v) is 4.82. The van der Waals surface area contributed by atoms with Crippen LogP contribution in [0.1, 0.15) is 35.7 Å². The van der Waals surface area contributed by atoms with E-state index in [0.717, 1.165) is 5.56 Å². The molecular weight excluding hydrogens is 366 g/mol. The van der Waals surface area contributed by atoms with Gasteiger partial charge in [0.2, 0.25) is 0 Å². The Bertz CT molecular complexity index is 1050. The van der Waals surface area contributed by atoms with E-state index < -0.39 is 11.9 Å². The molecule has 2 N–H and O–H groups in total. The highest BCUT2D eigenvalue weighted by atomic mass is 16.5. The molecule has 0 fully saturated rings. The average molecular weight is 387 g/mol. The molecule has 0 spiro atoms. The van der Waals surface area contributed by atoms with Gasteiger partial charge in [0.05, 0.1) is 30.2 Å². The van der Waals surface area contributed by atoms with Crippen molar-refractivity contribution in [1.29, 1.82) is 5.26 Å². The number of nitrogens with one attached hydrogen (secondary N) is 2. The third-order valence-electron chi connectivity index (χ3n) is 4.82. The lowest BCUT2D eigenvalue weighted by Gasteiger charge is -2.29. The fraction of sp³-hybridized carbons (Fsp3) is 0.174. The number of hydrogen-bond acceptors (Lipinski definition) is 5. The quantitative estimate of drug-likeness (QED) is 0.777. The minimum absolute atomic E-state index is 0.288. The molecule has 0 saturated heterocycles. The maximum atomic E-state index is 13.1. The van der Waals surface area contributed by atoms with Crippen LogP contribution in [-0.4, -0.2) is 19.0 Å². The fourth-order valence-electron chi connectivity index (χ4n) is 3.43. The van der Waals surface area contributed by atoms with Gasteiger partial charge in [0.1, 0.15) is 0 Å². The Morgan fingerprint density at radius 1 is 1.03 bits per heavy atom. The van der Waals surface area contributed by atoms with Crippen molar-refractivity contribution < 1.29 is 14.3 Å². The van der Waals surface area contributed by atoms with E-state index in [1.807, 2.05) is 32.0 Å². The highest BCUT2D eigenvalue weighted by molar-refractivity contribution is 6.06. The van der Waals surface area contributed by atoms with Crippen molar-refractivity contribution in [3.8, 4) is 6.07 Å². The first-order chi connectivity index (χ1) is 14.0. The standard InChI is InChI=1S/C23H21N3O3/c1-14-19(13-24)21(16-9-11-17(12-10-16)23(28)29-3)20(15(2)25-14)22(27)26-18-7-5-4-6-8-18/h4-12,21,25H,1-3H3,(H,26,27). The van der Waals surface area contributed by atoms with Crippen LogP contribution in [0.5, 0.6) is 0 Å². The smallest absolute Gasteiger partial charge is 0.337 e. The number of methoxy groups -OCH3 is 1. The lowest BCUT2D eigenvalue weighted by molar-refractivity contribution is -0.113. The van der Waals surface area contributed by atoms with Crippen LogP contribution in [0, 0.1) is 11.3 Å². The maximum absolute atomic E-state index is 13.1. The number of esters is 1. The number of carbonyl (C=O) groups excluding carboxylic acids is 2. The lowest BCUT2D eigenvalue weighted by atomic mass is 9.80. The van der Waals surface area contributed by atoms with E-state index >= 15 is 0 Å². The number of carbonyl (C=O) groups is 2. The zero-order valence-corrected chi connectivity index (χ0v) is 16.4. The second kappa shape index (κ2) is 8.44. The zero-order chi connectivity index (χ0) is 21.0. The minimum atomic E-state index is -0.545. The van der Waals surface area contributed by atoms with Gasteiger partial charge in [-0.1, -0.05) is 30.3 Å². The largest absolute Gasteiger partial charge is 0.465 e. The Morgan fingerprint density at radius 3 is 2.28 bits per heavy atom. The van der Waals surface area contributed by atoms with Crippen LogP contribution in [-0.2, 0) is 9.53 Å². The molecule has 1 aliphatic heterocycles. The number of nitriles is 1. The maximum Gasteiger partial charge on any atom is 0.337 e. The molecule has 0 saturated carbocycles. The van der Waals surface area contributed by atoms with E-state index in [1.165, 1.54) is 7.11 Å². The second-order valence-corrected chi connectivity index (χ2v) is 6.68. The van der Waals surface area contributed by atoms with Crippen LogP contribution < -0.4 is 10.6 Å². The van der Waals surface area contributed by atoms with Gasteiger partial charge in [-0.05, 0) is 43.7 Å². The van der Waals surface area contributed by atoms with Crippen LogP contribution in [0.4, 0.5) is 5.69 Å². The molecule has 0 aromatic heterocycles. The van der Waals surface area contributed by atoms with E-state index in [1.54, 1.807) is 36.4 Å². The molecule has 1 amide bonds. The molecule has 3 rings (SSSR count). The number of nitrogens with zero attached hydrogens (tertiary/aromatic N) is 1. The van der Waals surface area contributed by atoms with Crippen molar-refractivity contribution in [2.75, 3.05) is 12.4 Å². The first-order valence-corrected chi connectivity index (χ1v) is 9.09. The zero-order valence-electron chi connectivity index (χ0n) is 16.4. The van der Waals surface area contributed by atoms with Gasteiger partial charge in [-0.3, -0.25) is 4.79 Å². The van der Waals surface area contributed by atoms with Gasteiger partial charge in [-0.2, -0.15) is 5.26 Å². The number of anilines is 1. The summed E-state index contributed by atoms with van der Waals surface area (Å²) in [5.74, 6) is -1.27. The Morgan fingerprint density at radius 2 is 1.69 bits per heavy atom. The normalized spacial score (nSPS) is 16.0. The van der Waals surface area contributed by atoms with Gasteiger partial charge in [-0.25, -0.2) is 4.79 Å². The van der Waals surface area contributed by atoms with Gasteiger partial charge in [0.15, 0.2) is 0 Å². The molecule has 0 aliphatic carbocycles. The van der Waals surface area contributed by atoms with Gasteiger partial charge in [0, 0.05) is 22.7 Å². The van der Waals surface area contributed by atoms with Crippen molar-refractivity contribution in [3.05, 3.63) is 88.3 Å². The minimum Gasteiger partial charge on any atom is -0.465 e. The summed E-state index contributed by atoms with van der Waals surface area (Å²) in [5.41, 5.74) is 4.11. The molecular formula is C23H21N3O3. The van der Waals surface area contributed by atoms with Crippen molar-refractivity contribution in [2.24, 2.45) is 0 Å². The number of rotatable bonds is 4. The van der Waals surface area contributed by atoms with Crippen molar-refractivity contribution in [1.82, 2.24) is 5.32 Å². The Labute approximate surface area is 169 Å². The first kappa shape index (κ1) is 19.9. The van der Waals surface area contributed by atoms with Crippen molar-refractivity contribution in [3.63, 3.8) is 0 Å². The van der Waals surface area contributed by atoms with Crippen LogP contribution in [0.2, 0.25) is 0 Å². The summed E-state index contributed by atoms with van der Waals surface area (Å²) >= 11 is 0. The molecule has 0 radical (unpaired) electrons. The summed E-state index contributed by atoms with van der Waals surface area (Å²) in [6.45, 7) is 3.62. The Kier molecular flexibility index (Phi) is 5.79. The second-order valence-electron chi connectivity index (χ2n) is 6.68. The van der Waals surface area contributed by atoms with Crippen LogP contribution >= 0.6 is 0 Å². The molecule has 146 valence electrons. The summed E-state index contributed by atoms with van der Waals surface area (Å²) in [6, 6.07) is 18.1. The summed E-state index contributed by atoms with van der Waals surface area (Å²) in [6.07, 6.45) is 0. The highest BCUT2D eigenvalue weighted by Crippen LogP contribution is 2.38. The topological polar surface area (TPSA) is 91.2 Å². The predicted octanol–water partition coefficient (Wildman–Crippen LogP) is 3.87. The summed E-state index contributed by atoms with van der Waals surface area (Å²) < 4.78 is 4.74. The SMILES string of the molecule is COC(=O)c1ccc(C2C(C#N)=C(C)NC(C)=C2C(=O)Nc2ccccc2)cc1. The Balaban J connectivity index is 2.03. The third kappa shape index (κ3) is 4.04. The number of para-hydroxylation sites is 1. The van der Waals surface area contributed by atoms with Crippen LogP contribution in [0.3, 0.4) is 0 Å². The summed E-state index contributed by atoms with van der Waals surface area (Å²) in [4.78, 5) is 24.9. The van der Waals surface area contributed by atoms with E-state index in [4.69, 9.17) is 4.74 Å². The first-order valence-electron chi connectivity index (χ1n) is 9.09. The lowest BCUT2D eigenvalue weighted by Crippen LogP contribution is -2.30. The number of hydrogen-bond donors (Lipinski definition) is 2. The molecule has 1 atom stereocenters. The molecule has 1 aliphatic rings. The molecule has 29 heavy (non-hydrogen) atoms. The van der Waals surface area contributed by atoms with E-state index in [-0.39, 0.29) is 5.91 Å². The number of allylic oxidation sites excluding steroid dienone is 3. The van der Waals surface area contributed by atoms with Gasteiger partial charge < -0.3 is 15.4 Å². The van der Waals surface area contributed by atoms with Crippen LogP contribution in [0.25, 0.3) is 0 Å². The average Bonchev–Trinajstić information content (AvgIpc) is 2.73. The van der Waals surface area contributed by atoms with Crippen molar-refractivity contribution in [2.45, 2.75) is 19.8 Å². The van der Waals surface area contributed by atoms with Gasteiger partial charge >= 0.3 is 5.97 Å². The molecule has 1 unspecified atom stereocenters. The summed E-state index contributed by atoms with van der Waals surface area (Å²) in [5, 5.41) is 15.8. The van der Waals surface area contributed by atoms with E-state index in [0.29, 0.717) is 33.8 Å². The number of amides is 1. The van der Waals surface area contributed by atoms with E-state index in [9.17, 15) is 14.9 Å². The van der Waals surface area contributed by atoms with E-state index in [2.05, 4.69) is 16.7 Å². The van der Waals surface area contributed by atoms with Crippen molar-refractivity contribution >= 4 is 17.6 Å².